The second-order valence-corrected chi connectivity index (χ2v) is 6.43. The standard InChI is InChI=1S/C18H19Cl2NO3/c19-13-1-3-14(4-2-13)24-15-5-6-16(17(20)11-15)18-12-23-10-8-21(18)7-9-22/h1-6,11,18,22H,7-10,12H2. The topological polar surface area (TPSA) is 41.9 Å². The van der Waals surface area contributed by atoms with E-state index in [2.05, 4.69) is 4.90 Å². The minimum Gasteiger partial charge on any atom is -0.457 e. The molecule has 1 saturated heterocycles. The number of ether oxygens (including phenoxy) is 2. The number of aliphatic hydroxyl groups excluding tert-OH is 1. The third kappa shape index (κ3) is 4.21. The summed E-state index contributed by atoms with van der Waals surface area (Å²) in [5.74, 6) is 1.36. The van der Waals surface area contributed by atoms with E-state index in [1.807, 2.05) is 24.3 Å². The lowest BCUT2D eigenvalue weighted by atomic mass is 10.0. The number of morpholine rings is 1. The van der Waals surface area contributed by atoms with Crippen LogP contribution in [0.5, 0.6) is 11.5 Å². The lowest BCUT2D eigenvalue weighted by Crippen LogP contribution is -2.41. The Hall–Kier alpha value is -1.30. The van der Waals surface area contributed by atoms with Gasteiger partial charge in [-0.25, -0.2) is 0 Å². The zero-order valence-corrected chi connectivity index (χ0v) is 14.6. The number of rotatable bonds is 5. The van der Waals surface area contributed by atoms with Gasteiger partial charge in [0.1, 0.15) is 11.5 Å². The Labute approximate surface area is 151 Å². The largest absolute Gasteiger partial charge is 0.457 e. The van der Waals surface area contributed by atoms with Crippen LogP contribution in [0.2, 0.25) is 10.0 Å². The van der Waals surface area contributed by atoms with Crippen molar-refractivity contribution >= 4 is 23.2 Å². The highest BCUT2D eigenvalue weighted by Gasteiger charge is 2.26. The molecule has 1 N–H and O–H groups in total. The van der Waals surface area contributed by atoms with Crippen LogP contribution in [0.25, 0.3) is 0 Å². The number of β-amino-alcohol motifs (C(OH)–C–C–N with tert-alkyl or cyclic N) is 1. The second kappa shape index (κ2) is 8.19. The molecule has 0 aromatic heterocycles. The molecular weight excluding hydrogens is 349 g/mol. The van der Waals surface area contributed by atoms with Crippen molar-refractivity contribution in [3.05, 3.63) is 58.1 Å². The molecule has 128 valence electrons. The molecule has 0 amide bonds. The molecule has 0 spiro atoms. The van der Waals surface area contributed by atoms with Crippen LogP contribution in [0.3, 0.4) is 0 Å². The maximum Gasteiger partial charge on any atom is 0.128 e. The quantitative estimate of drug-likeness (QED) is 0.861. The molecule has 1 atom stereocenters. The lowest BCUT2D eigenvalue weighted by molar-refractivity contribution is -0.0146. The molecule has 4 nitrogen and oxygen atoms in total. The summed E-state index contributed by atoms with van der Waals surface area (Å²) >= 11 is 12.3. The van der Waals surface area contributed by atoms with Crippen molar-refractivity contribution in [1.82, 2.24) is 4.90 Å². The van der Waals surface area contributed by atoms with Gasteiger partial charge in [0, 0.05) is 23.1 Å². The highest BCUT2D eigenvalue weighted by atomic mass is 35.5. The Morgan fingerprint density at radius 3 is 2.58 bits per heavy atom. The summed E-state index contributed by atoms with van der Waals surface area (Å²) in [6, 6.07) is 12.9. The zero-order valence-electron chi connectivity index (χ0n) is 13.1. The van der Waals surface area contributed by atoms with Gasteiger partial charge in [-0.2, -0.15) is 0 Å². The molecule has 3 rings (SSSR count). The fraction of sp³-hybridized carbons (Fsp3) is 0.333. The van der Waals surface area contributed by atoms with Crippen molar-refractivity contribution in [2.75, 3.05) is 32.9 Å². The van der Waals surface area contributed by atoms with E-state index >= 15 is 0 Å². The van der Waals surface area contributed by atoms with E-state index in [4.69, 9.17) is 32.7 Å². The summed E-state index contributed by atoms with van der Waals surface area (Å²) in [6.45, 7) is 2.74. The number of benzene rings is 2. The van der Waals surface area contributed by atoms with E-state index in [-0.39, 0.29) is 12.6 Å². The Morgan fingerprint density at radius 1 is 1.12 bits per heavy atom. The predicted octanol–water partition coefficient (Wildman–Crippen LogP) is 4.15. The second-order valence-electron chi connectivity index (χ2n) is 5.59. The van der Waals surface area contributed by atoms with Gasteiger partial charge in [-0.3, -0.25) is 4.90 Å². The van der Waals surface area contributed by atoms with Gasteiger partial charge in [-0.05, 0) is 42.0 Å². The summed E-state index contributed by atoms with van der Waals surface area (Å²) in [7, 11) is 0. The van der Waals surface area contributed by atoms with Crippen LogP contribution in [0.1, 0.15) is 11.6 Å². The van der Waals surface area contributed by atoms with Crippen LogP contribution < -0.4 is 4.74 Å². The van der Waals surface area contributed by atoms with Crippen LogP contribution >= 0.6 is 23.2 Å². The van der Waals surface area contributed by atoms with Gasteiger partial charge < -0.3 is 14.6 Å². The molecule has 1 aliphatic rings. The first-order chi connectivity index (χ1) is 11.7. The first-order valence-corrected chi connectivity index (χ1v) is 8.58. The number of hydrogen-bond donors (Lipinski definition) is 1. The monoisotopic (exact) mass is 367 g/mol. The van der Waals surface area contributed by atoms with E-state index in [0.717, 1.165) is 12.1 Å². The van der Waals surface area contributed by atoms with Gasteiger partial charge >= 0.3 is 0 Å². The molecule has 1 unspecified atom stereocenters. The van der Waals surface area contributed by atoms with Crippen LogP contribution in [0, 0.1) is 0 Å². The van der Waals surface area contributed by atoms with Gasteiger partial charge in [0.05, 0.1) is 25.9 Å². The smallest absolute Gasteiger partial charge is 0.128 e. The van der Waals surface area contributed by atoms with E-state index < -0.39 is 0 Å². The number of aliphatic hydroxyl groups is 1. The summed E-state index contributed by atoms with van der Waals surface area (Å²) in [4.78, 5) is 2.18. The Morgan fingerprint density at radius 2 is 1.88 bits per heavy atom. The summed E-state index contributed by atoms with van der Waals surface area (Å²) < 4.78 is 11.4. The Bertz CT molecular complexity index is 676. The molecule has 24 heavy (non-hydrogen) atoms. The molecule has 2 aromatic rings. The van der Waals surface area contributed by atoms with E-state index in [1.54, 1.807) is 18.2 Å². The number of halogens is 2. The Kier molecular flexibility index (Phi) is 5.98. The molecule has 0 aliphatic carbocycles. The van der Waals surface area contributed by atoms with Crippen LogP contribution in [0.4, 0.5) is 0 Å². The maximum absolute atomic E-state index is 9.24. The van der Waals surface area contributed by atoms with Crippen molar-refractivity contribution < 1.29 is 14.6 Å². The van der Waals surface area contributed by atoms with Crippen molar-refractivity contribution in [3.8, 4) is 11.5 Å². The minimum atomic E-state index is 0.0444. The number of hydrogen-bond acceptors (Lipinski definition) is 4. The van der Waals surface area contributed by atoms with Crippen LogP contribution in [-0.2, 0) is 4.74 Å². The fourth-order valence-corrected chi connectivity index (χ4v) is 3.22. The first-order valence-electron chi connectivity index (χ1n) is 7.83. The average Bonchev–Trinajstić information content (AvgIpc) is 2.58. The molecule has 0 saturated carbocycles. The van der Waals surface area contributed by atoms with E-state index in [9.17, 15) is 5.11 Å². The van der Waals surface area contributed by atoms with Crippen LogP contribution in [-0.4, -0.2) is 42.9 Å². The summed E-state index contributed by atoms with van der Waals surface area (Å²) in [6.07, 6.45) is 0. The first kappa shape index (κ1) is 17.5. The highest BCUT2D eigenvalue weighted by Crippen LogP contribution is 2.33. The summed E-state index contributed by atoms with van der Waals surface area (Å²) in [5, 5.41) is 10.5. The van der Waals surface area contributed by atoms with Crippen molar-refractivity contribution in [3.63, 3.8) is 0 Å². The third-order valence-electron chi connectivity index (χ3n) is 4.01. The number of nitrogens with zero attached hydrogens (tertiary/aromatic N) is 1. The van der Waals surface area contributed by atoms with Crippen molar-refractivity contribution in [1.29, 1.82) is 0 Å². The van der Waals surface area contributed by atoms with Gasteiger partial charge in [0.15, 0.2) is 0 Å². The summed E-state index contributed by atoms with van der Waals surface area (Å²) in [5.41, 5.74) is 0.980. The normalized spacial score (nSPS) is 18.5. The molecule has 2 aromatic carbocycles. The lowest BCUT2D eigenvalue weighted by Gasteiger charge is -2.35. The van der Waals surface area contributed by atoms with Gasteiger partial charge in [0.2, 0.25) is 0 Å². The molecule has 0 bridgehead atoms. The molecule has 0 radical (unpaired) electrons. The molecule has 1 fully saturated rings. The van der Waals surface area contributed by atoms with E-state index in [0.29, 0.717) is 41.3 Å². The van der Waals surface area contributed by atoms with E-state index in [1.165, 1.54) is 0 Å². The predicted molar refractivity (Wildman–Crippen MR) is 95.2 cm³/mol. The average molecular weight is 368 g/mol. The highest BCUT2D eigenvalue weighted by molar-refractivity contribution is 6.31. The zero-order chi connectivity index (χ0) is 16.9. The fourth-order valence-electron chi connectivity index (χ4n) is 2.80. The molecule has 1 aliphatic heterocycles. The van der Waals surface area contributed by atoms with Gasteiger partial charge in [-0.15, -0.1) is 0 Å². The van der Waals surface area contributed by atoms with Crippen LogP contribution in [0.15, 0.2) is 42.5 Å². The minimum absolute atomic E-state index is 0.0444. The van der Waals surface area contributed by atoms with Crippen molar-refractivity contribution in [2.24, 2.45) is 0 Å². The maximum atomic E-state index is 9.24. The third-order valence-corrected chi connectivity index (χ3v) is 4.59. The Balaban J connectivity index is 1.77. The molecular formula is C18H19Cl2NO3. The van der Waals surface area contributed by atoms with Gasteiger partial charge in [0.25, 0.3) is 0 Å². The van der Waals surface area contributed by atoms with Crippen molar-refractivity contribution in [2.45, 2.75) is 6.04 Å². The SMILES string of the molecule is OCCN1CCOCC1c1ccc(Oc2ccc(Cl)cc2)cc1Cl. The molecule has 6 heteroatoms. The molecule has 1 heterocycles. The van der Waals surface area contributed by atoms with Gasteiger partial charge in [-0.1, -0.05) is 29.3 Å².